The zero-order valence-corrected chi connectivity index (χ0v) is 8.12. The van der Waals surface area contributed by atoms with Crippen molar-refractivity contribution in [2.24, 2.45) is 0 Å². The fourth-order valence-corrected chi connectivity index (χ4v) is 1.54. The summed E-state index contributed by atoms with van der Waals surface area (Å²) in [7, 11) is 0. The van der Waals surface area contributed by atoms with Gasteiger partial charge in [-0.2, -0.15) is 0 Å². The maximum atomic E-state index is 5.85. The summed E-state index contributed by atoms with van der Waals surface area (Å²) in [6.07, 6.45) is 2.40. The Bertz CT molecular complexity index is 300. The fraction of sp³-hybridized carbons (Fsp3) is 0.667. The maximum Gasteiger partial charge on any atom is 0.146 e. The Hall–Kier alpha value is -1.19. The largest absolute Gasteiger partial charge is 0.382 e. The monoisotopic (exact) mass is 180 g/mol. The van der Waals surface area contributed by atoms with Crippen molar-refractivity contribution in [2.75, 3.05) is 11.6 Å². The molecule has 0 radical (unpaired) electrons. The first kappa shape index (κ1) is 8.41. The van der Waals surface area contributed by atoms with Crippen molar-refractivity contribution in [3.63, 3.8) is 0 Å². The SMILES string of the molecule is CC(C)c1nc(C2CC2)n(N)c1N. The number of aromatic nitrogens is 2. The van der Waals surface area contributed by atoms with Crippen LogP contribution in [0.5, 0.6) is 0 Å². The van der Waals surface area contributed by atoms with Crippen LogP contribution in [0.3, 0.4) is 0 Å². The van der Waals surface area contributed by atoms with E-state index >= 15 is 0 Å². The first-order valence-electron chi connectivity index (χ1n) is 4.74. The second-order valence-corrected chi connectivity index (χ2v) is 4.04. The zero-order chi connectivity index (χ0) is 9.59. The van der Waals surface area contributed by atoms with Crippen LogP contribution in [0.1, 0.15) is 50.0 Å². The van der Waals surface area contributed by atoms with Gasteiger partial charge in [-0.3, -0.25) is 0 Å². The molecular formula is C9H16N4. The molecule has 2 rings (SSSR count). The molecule has 0 saturated heterocycles. The van der Waals surface area contributed by atoms with E-state index in [1.807, 2.05) is 0 Å². The van der Waals surface area contributed by atoms with Crippen LogP contribution in [0.15, 0.2) is 0 Å². The van der Waals surface area contributed by atoms with Gasteiger partial charge in [-0.05, 0) is 18.8 Å². The van der Waals surface area contributed by atoms with E-state index in [-0.39, 0.29) is 0 Å². The van der Waals surface area contributed by atoms with E-state index in [9.17, 15) is 0 Å². The standard InChI is InChI=1S/C9H16N4/c1-5(2)7-8(10)13(11)9(12-7)6-3-4-6/h5-6H,3-4,10-11H2,1-2H3. The van der Waals surface area contributed by atoms with Crippen molar-refractivity contribution in [1.82, 2.24) is 9.66 Å². The molecule has 0 unspecified atom stereocenters. The minimum atomic E-state index is 0.349. The average molecular weight is 180 g/mol. The Morgan fingerprint density at radius 1 is 1.46 bits per heavy atom. The summed E-state index contributed by atoms with van der Waals surface area (Å²) in [6, 6.07) is 0. The third kappa shape index (κ3) is 1.26. The summed E-state index contributed by atoms with van der Waals surface area (Å²) >= 11 is 0. The molecule has 13 heavy (non-hydrogen) atoms. The van der Waals surface area contributed by atoms with E-state index in [0.717, 1.165) is 11.5 Å². The summed E-state index contributed by atoms with van der Waals surface area (Å²) in [5.41, 5.74) is 6.78. The van der Waals surface area contributed by atoms with Crippen molar-refractivity contribution < 1.29 is 0 Å². The van der Waals surface area contributed by atoms with Gasteiger partial charge in [0, 0.05) is 5.92 Å². The van der Waals surface area contributed by atoms with Crippen molar-refractivity contribution >= 4 is 5.82 Å². The summed E-state index contributed by atoms with van der Waals surface area (Å²) in [4.78, 5) is 4.48. The van der Waals surface area contributed by atoms with Gasteiger partial charge in [0.25, 0.3) is 0 Å². The highest BCUT2D eigenvalue weighted by Crippen LogP contribution is 2.40. The van der Waals surface area contributed by atoms with E-state index in [2.05, 4.69) is 18.8 Å². The van der Waals surface area contributed by atoms with Crippen molar-refractivity contribution in [3.8, 4) is 0 Å². The van der Waals surface area contributed by atoms with Gasteiger partial charge in [0.05, 0.1) is 5.69 Å². The molecule has 4 nitrogen and oxygen atoms in total. The van der Waals surface area contributed by atoms with E-state index < -0.39 is 0 Å². The highest BCUT2D eigenvalue weighted by molar-refractivity contribution is 5.41. The van der Waals surface area contributed by atoms with Crippen LogP contribution in [0.4, 0.5) is 5.82 Å². The van der Waals surface area contributed by atoms with Gasteiger partial charge in [-0.15, -0.1) is 0 Å². The van der Waals surface area contributed by atoms with Crippen LogP contribution in [0.2, 0.25) is 0 Å². The lowest BCUT2D eigenvalue weighted by molar-refractivity contribution is 0.817. The van der Waals surface area contributed by atoms with Gasteiger partial charge in [0.1, 0.15) is 11.6 Å². The Morgan fingerprint density at radius 2 is 2.08 bits per heavy atom. The molecule has 1 fully saturated rings. The molecule has 1 aliphatic rings. The lowest BCUT2D eigenvalue weighted by Gasteiger charge is -2.01. The lowest BCUT2D eigenvalue weighted by atomic mass is 10.1. The molecule has 0 aliphatic heterocycles. The molecule has 0 amide bonds. The average Bonchev–Trinajstić information content (AvgIpc) is 2.83. The van der Waals surface area contributed by atoms with E-state index in [4.69, 9.17) is 11.6 Å². The van der Waals surface area contributed by atoms with Gasteiger partial charge in [0.2, 0.25) is 0 Å². The predicted octanol–water partition coefficient (Wildman–Crippen LogP) is 1.18. The summed E-state index contributed by atoms with van der Waals surface area (Å²) in [5, 5.41) is 0. The van der Waals surface area contributed by atoms with Gasteiger partial charge >= 0.3 is 0 Å². The normalized spacial score (nSPS) is 16.8. The predicted molar refractivity (Wildman–Crippen MR) is 52.9 cm³/mol. The zero-order valence-electron chi connectivity index (χ0n) is 8.12. The molecule has 4 heteroatoms. The number of hydrogen-bond acceptors (Lipinski definition) is 3. The molecule has 0 atom stereocenters. The summed E-state index contributed by atoms with van der Waals surface area (Å²) in [5.74, 6) is 8.30. The van der Waals surface area contributed by atoms with Gasteiger partial charge in [0.15, 0.2) is 0 Å². The number of rotatable bonds is 2. The van der Waals surface area contributed by atoms with Crippen LogP contribution in [0.25, 0.3) is 0 Å². The van der Waals surface area contributed by atoms with Crippen molar-refractivity contribution in [3.05, 3.63) is 11.5 Å². The summed E-state index contributed by atoms with van der Waals surface area (Å²) < 4.78 is 1.55. The van der Waals surface area contributed by atoms with Crippen LogP contribution >= 0.6 is 0 Å². The number of hydrogen-bond donors (Lipinski definition) is 2. The molecular weight excluding hydrogens is 164 g/mol. The van der Waals surface area contributed by atoms with Gasteiger partial charge in [-0.1, -0.05) is 13.8 Å². The van der Waals surface area contributed by atoms with Crippen LogP contribution in [-0.4, -0.2) is 9.66 Å². The maximum absolute atomic E-state index is 5.85. The minimum Gasteiger partial charge on any atom is -0.382 e. The number of imidazole rings is 1. The molecule has 1 aromatic rings. The first-order chi connectivity index (χ1) is 6.11. The fourth-order valence-electron chi connectivity index (χ4n) is 1.54. The second kappa shape index (κ2) is 2.65. The molecule has 4 N–H and O–H groups in total. The number of anilines is 1. The third-order valence-corrected chi connectivity index (χ3v) is 2.49. The van der Waals surface area contributed by atoms with Crippen LogP contribution in [0, 0.1) is 0 Å². The molecule has 0 aromatic carbocycles. The molecule has 1 saturated carbocycles. The quantitative estimate of drug-likeness (QED) is 0.671. The second-order valence-electron chi connectivity index (χ2n) is 4.04. The van der Waals surface area contributed by atoms with Crippen LogP contribution < -0.4 is 11.6 Å². The Balaban J connectivity index is 2.42. The highest BCUT2D eigenvalue weighted by atomic mass is 15.4. The van der Waals surface area contributed by atoms with Gasteiger partial charge in [-0.25, -0.2) is 9.66 Å². The molecule has 0 bridgehead atoms. The number of nitrogen functional groups attached to an aromatic ring is 2. The summed E-state index contributed by atoms with van der Waals surface area (Å²) in [6.45, 7) is 4.16. The van der Waals surface area contributed by atoms with Crippen molar-refractivity contribution in [1.29, 1.82) is 0 Å². The molecule has 1 aromatic heterocycles. The Morgan fingerprint density at radius 3 is 2.46 bits per heavy atom. The Kier molecular flexibility index (Phi) is 1.71. The molecule has 0 spiro atoms. The van der Waals surface area contributed by atoms with E-state index in [0.29, 0.717) is 17.7 Å². The topological polar surface area (TPSA) is 69.9 Å². The molecule has 1 heterocycles. The number of nitrogens with zero attached hydrogens (tertiary/aromatic N) is 2. The minimum absolute atomic E-state index is 0.349. The Labute approximate surface area is 77.9 Å². The van der Waals surface area contributed by atoms with Crippen molar-refractivity contribution in [2.45, 2.75) is 38.5 Å². The first-order valence-corrected chi connectivity index (χ1v) is 4.74. The van der Waals surface area contributed by atoms with E-state index in [1.165, 1.54) is 12.8 Å². The number of nitrogens with two attached hydrogens (primary N) is 2. The molecule has 1 aliphatic carbocycles. The highest BCUT2D eigenvalue weighted by Gasteiger charge is 2.30. The lowest BCUT2D eigenvalue weighted by Crippen LogP contribution is -2.15. The third-order valence-electron chi connectivity index (χ3n) is 2.49. The van der Waals surface area contributed by atoms with Gasteiger partial charge < -0.3 is 11.6 Å². The van der Waals surface area contributed by atoms with Crippen LogP contribution in [-0.2, 0) is 0 Å². The smallest absolute Gasteiger partial charge is 0.146 e. The van der Waals surface area contributed by atoms with E-state index in [1.54, 1.807) is 4.68 Å². The molecule has 72 valence electrons.